The number of thiophene rings is 1. The van der Waals surface area contributed by atoms with Gasteiger partial charge in [0.25, 0.3) is 0 Å². The molecule has 1 heterocycles. The van der Waals surface area contributed by atoms with Crippen LogP contribution in [0.5, 0.6) is 11.5 Å². The molecule has 0 atom stereocenters. The van der Waals surface area contributed by atoms with E-state index in [1.165, 1.54) is 16.9 Å². The summed E-state index contributed by atoms with van der Waals surface area (Å²) >= 11 is 4.75. The van der Waals surface area contributed by atoms with Gasteiger partial charge < -0.3 is 9.47 Å². The van der Waals surface area contributed by atoms with Crippen molar-refractivity contribution < 1.29 is 14.3 Å². The van der Waals surface area contributed by atoms with E-state index in [0.29, 0.717) is 16.4 Å². The van der Waals surface area contributed by atoms with Gasteiger partial charge in [0.15, 0.2) is 18.1 Å². The van der Waals surface area contributed by atoms with Gasteiger partial charge in [-0.25, -0.2) is 0 Å². The normalized spacial score (nSPS) is 10.3. The molecular formula is C15H15BrO3S. The van der Waals surface area contributed by atoms with Gasteiger partial charge in [0.1, 0.15) is 0 Å². The molecule has 1 aromatic heterocycles. The lowest BCUT2D eigenvalue weighted by Crippen LogP contribution is -2.11. The van der Waals surface area contributed by atoms with Crippen LogP contribution in [0.4, 0.5) is 0 Å². The summed E-state index contributed by atoms with van der Waals surface area (Å²) in [7, 11) is 1.60. The summed E-state index contributed by atoms with van der Waals surface area (Å²) in [6.07, 6.45) is 0.928. The van der Waals surface area contributed by atoms with E-state index in [4.69, 9.17) is 9.47 Å². The van der Waals surface area contributed by atoms with Gasteiger partial charge in [-0.2, -0.15) is 0 Å². The highest BCUT2D eigenvalue weighted by molar-refractivity contribution is 9.10. The van der Waals surface area contributed by atoms with Gasteiger partial charge >= 0.3 is 0 Å². The number of halogens is 1. The first-order valence-corrected chi connectivity index (χ1v) is 7.89. The van der Waals surface area contributed by atoms with Gasteiger partial charge in [0.05, 0.1) is 12.0 Å². The fraction of sp³-hybridized carbons (Fsp3) is 0.267. The SMILES string of the molecule is CCc1ccc(OCC(=O)c2sccc2Br)c(OC)c1. The van der Waals surface area contributed by atoms with Crippen LogP contribution in [0.15, 0.2) is 34.1 Å². The lowest BCUT2D eigenvalue weighted by molar-refractivity contribution is 0.0923. The van der Waals surface area contributed by atoms with Crippen molar-refractivity contribution in [1.82, 2.24) is 0 Å². The summed E-state index contributed by atoms with van der Waals surface area (Å²) in [5, 5.41) is 1.87. The minimum Gasteiger partial charge on any atom is -0.493 e. The number of rotatable bonds is 6. The molecule has 2 aromatic rings. The molecule has 0 saturated heterocycles. The number of carbonyl (C=O) groups is 1. The quantitative estimate of drug-likeness (QED) is 0.723. The molecule has 2 rings (SSSR count). The minimum absolute atomic E-state index is 0.000937. The average molecular weight is 355 g/mol. The van der Waals surface area contributed by atoms with Crippen LogP contribution in [-0.2, 0) is 6.42 Å². The first-order chi connectivity index (χ1) is 9.65. The monoisotopic (exact) mass is 354 g/mol. The number of ether oxygens (including phenoxy) is 2. The molecule has 0 fully saturated rings. The molecule has 0 unspecified atom stereocenters. The first kappa shape index (κ1) is 15.1. The number of methoxy groups -OCH3 is 1. The van der Waals surface area contributed by atoms with Gasteiger partial charge in [0, 0.05) is 4.47 Å². The molecule has 0 bridgehead atoms. The molecule has 0 amide bonds. The standard InChI is InChI=1S/C15H15BrO3S/c1-3-10-4-5-13(14(8-10)18-2)19-9-12(17)15-11(16)6-7-20-15/h4-8H,3,9H2,1-2H3. The van der Waals surface area contributed by atoms with Crippen LogP contribution in [-0.4, -0.2) is 19.5 Å². The number of ketones is 1. The van der Waals surface area contributed by atoms with E-state index in [2.05, 4.69) is 22.9 Å². The predicted molar refractivity (Wildman–Crippen MR) is 84.2 cm³/mol. The number of aryl methyl sites for hydroxylation is 1. The Morgan fingerprint density at radius 1 is 1.30 bits per heavy atom. The molecule has 0 saturated carbocycles. The van der Waals surface area contributed by atoms with Crippen LogP contribution in [0.1, 0.15) is 22.2 Å². The maximum Gasteiger partial charge on any atom is 0.211 e. The van der Waals surface area contributed by atoms with Gasteiger partial charge in [-0.3, -0.25) is 4.79 Å². The molecule has 0 aliphatic heterocycles. The summed E-state index contributed by atoms with van der Waals surface area (Å²) in [6.45, 7) is 2.08. The summed E-state index contributed by atoms with van der Waals surface area (Å²) in [5.74, 6) is 1.20. The van der Waals surface area contributed by atoms with Gasteiger partial charge in [-0.15, -0.1) is 11.3 Å². The second-order valence-electron chi connectivity index (χ2n) is 4.15. The van der Waals surface area contributed by atoms with Crippen molar-refractivity contribution in [2.75, 3.05) is 13.7 Å². The summed E-state index contributed by atoms with van der Waals surface area (Å²) in [5.41, 5.74) is 1.17. The molecule has 0 N–H and O–H groups in total. The van der Waals surface area contributed by atoms with Gasteiger partial charge in [-0.05, 0) is 51.5 Å². The maximum atomic E-state index is 12.0. The number of carbonyl (C=O) groups excluding carboxylic acids is 1. The third-order valence-electron chi connectivity index (χ3n) is 2.87. The van der Waals surface area contributed by atoms with Crippen molar-refractivity contribution in [2.45, 2.75) is 13.3 Å². The Morgan fingerprint density at radius 2 is 2.10 bits per heavy atom. The van der Waals surface area contributed by atoms with E-state index in [0.717, 1.165) is 10.9 Å². The van der Waals surface area contributed by atoms with Crippen LogP contribution in [0, 0.1) is 0 Å². The fourth-order valence-electron chi connectivity index (χ4n) is 1.75. The highest BCUT2D eigenvalue weighted by Gasteiger charge is 2.14. The fourth-order valence-corrected chi connectivity index (χ4v) is 3.27. The van der Waals surface area contributed by atoms with Crippen LogP contribution in [0.25, 0.3) is 0 Å². The zero-order valence-electron chi connectivity index (χ0n) is 11.3. The van der Waals surface area contributed by atoms with E-state index < -0.39 is 0 Å². The Hall–Kier alpha value is -1.33. The van der Waals surface area contributed by atoms with Crippen molar-refractivity contribution in [3.63, 3.8) is 0 Å². The van der Waals surface area contributed by atoms with E-state index in [-0.39, 0.29) is 12.4 Å². The van der Waals surface area contributed by atoms with Crippen LogP contribution < -0.4 is 9.47 Å². The smallest absolute Gasteiger partial charge is 0.211 e. The summed E-state index contributed by atoms with van der Waals surface area (Å²) in [4.78, 5) is 12.7. The molecule has 5 heteroatoms. The second-order valence-corrected chi connectivity index (χ2v) is 5.92. The minimum atomic E-state index is -0.0477. The lowest BCUT2D eigenvalue weighted by Gasteiger charge is -2.11. The molecule has 106 valence electrons. The molecule has 20 heavy (non-hydrogen) atoms. The Labute approximate surface area is 130 Å². The van der Waals surface area contributed by atoms with Gasteiger partial charge in [0.2, 0.25) is 5.78 Å². The largest absolute Gasteiger partial charge is 0.493 e. The third kappa shape index (κ3) is 3.41. The Morgan fingerprint density at radius 3 is 2.70 bits per heavy atom. The van der Waals surface area contributed by atoms with Crippen molar-refractivity contribution >= 4 is 33.0 Å². The van der Waals surface area contributed by atoms with E-state index in [1.807, 2.05) is 29.6 Å². The molecule has 0 radical (unpaired) electrons. The molecule has 0 aliphatic carbocycles. The highest BCUT2D eigenvalue weighted by Crippen LogP contribution is 2.29. The topological polar surface area (TPSA) is 35.5 Å². The van der Waals surface area contributed by atoms with Crippen LogP contribution in [0.2, 0.25) is 0 Å². The molecule has 1 aromatic carbocycles. The second kappa shape index (κ2) is 6.90. The Bertz CT molecular complexity index is 607. The zero-order chi connectivity index (χ0) is 14.5. The van der Waals surface area contributed by atoms with Crippen molar-refractivity contribution in [2.24, 2.45) is 0 Å². The van der Waals surface area contributed by atoms with Crippen molar-refractivity contribution in [3.05, 3.63) is 44.6 Å². The predicted octanol–water partition coefficient (Wildman–Crippen LogP) is 4.34. The number of benzene rings is 1. The number of hydrogen-bond acceptors (Lipinski definition) is 4. The Balaban J connectivity index is 2.07. The van der Waals surface area contributed by atoms with E-state index in [9.17, 15) is 4.79 Å². The number of Topliss-reactive ketones (excluding diaryl/α,β-unsaturated/α-hetero) is 1. The van der Waals surface area contributed by atoms with Crippen molar-refractivity contribution in [3.8, 4) is 11.5 Å². The van der Waals surface area contributed by atoms with E-state index in [1.54, 1.807) is 7.11 Å². The third-order valence-corrected chi connectivity index (χ3v) is 4.74. The maximum absolute atomic E-state index is 12.0. The lowest BCUT2D eigenvalue weighted by atomic mass is 10.1. The van der Waals surface area contributed by atoms with Crippen LogP contribution in [0.3, 0.4) is 0 Å². The molecule has 0 spiro atoms. The van der Waals surface area contributed by atoms with E-state index >= 15 is 0 Å². The summed E-state index contributed by atoms with van der Waals surface area (Å²) in [6, 6.07) is 7.60. The molecular weight excluding hydrogens is 340 g/mol. The molecule has 3 nitrogen and oxygen atoms in total. The van der Waals surface area contributed by atoms with Crippen molar-refractivity contribution in [1.29, 1.82) is 0 Å². The Kier molecular flexibility index (Phi) is 5.20. The number of hydrogen-bond donors (Lipinski definition) is 0. The summed E-state index contributed by atoms with van der Waals surface area (Å²) < 4.78 is 11.7. The van der Waals surface area contributed by atoms with Crippen LogP contribution >= 0.6 is 27.3 Å². The highest BCUT2D eigenvalue weighted by atomic mass is 79.9. The van der Waals surface area contributed by atoms with Gasteiger partial charge in [-0.1, -0.05) is 13.0 Å². The zero-order valence-corrected chi connectivity index (χ0v) is 13.7. The average Bonchev–Trinajstić information content (AvgIpc) is 2.90. The molecule has 0 aliphatic rings. The first-order valence-electron chi connectivity index (χ1n) is 6.21.